The van der Waals surface area contributed by atoms with Crippen LogP contribution in [-0.4, -0.2) is 11.8 Å². The van der Waals surface area contributed by atoms with Crippen molar-refractivity contribution in [2.45, 2.75) is 13.0 Å². The summed E-state index contributed by atoms with van der Waals surface area (Å²) in [5.41, 5.74) is 0.995. The predicted octanol–water partition coefficient (Wildman–Crippen LogP) is 3.48. The Labute approximate surface area is 137 Å². The summed E-state index contributed by atoms with van der Waals surface area (Å²) in [6.45, 7) is 1.57. The minimum atomic E-state index is -0.993. The minimum Gasteiger partial charge on any atom is -0.327 e. The third kappa shape index (κ3) is 2.90. The molecule has 1 atom stereocenters. The summed E-state index contributed by atoms with van der Waals surface area (Å²) in [4.78, 5) is 24.6. The Kier molecular flexibility index (Phi) is 4.12. The van der Waals surface area contributed by atoms with E-state index in [2.05, 4.69) is 10.6 Å². The summed E-state index contributed by atoms with van der Waals surface area (Å²) in [6, 6.07) is 9.97. The van der Waals surface area contributed by atoms with Crippen LogP contribution in [0, 0.1) is 11.6 Å². The molecule has 0 saturated heterocycles. The molecule has 24 heavy (non-hydrogen) atoms. The quantitative estimate of drug-likeness (QED) is 0.848. The van der Waals surface area contributed by atoms with E-state index < -0.39 is 23.7 Å². The second-order valence-corrected chi connectivity index (χ2v) is 5.43. The fourth-order valence-corrected chi connectivity index (χ4v) is 2.71. The zero-order valence-corrected chi connectivity index (χ0v) is 12.8. The molecule has 1 aliphatic heterocycles. The highest BCUT2D eigenvalue weighted by molar-refractivity contribution is 6.11. The van der Waals surface area contributed by atoms with Gasteiger partial charge in [-0.25, -0.2) is 13.6 Å². The van der Waals surface area contributed by atoms with Crippen LogP contribution in [-0.2, 0) is 0 Å². The van der Waals surface area contributed by atoms with Crippen LogP contribution in [0.5, 0.6) is 0 Å². The van der Waals surface area contributed by atoms with E-state index in [4.69, 9.17) is 0 Å². The van der Waals surface area contributed by atoms with Crippen LogP contribution < -0.4 is 10.6 Å². The Balaban J connectivity index is 2.10. The van der Waals surface area contributed by atoms with Gasteiger partial charge in [-0.1, -0.05) is 36.4 Å². The molecule has 2 aromatic carbocycles. The molecular weight excluding hydrogens is 314 g/mol. The Morgan fingerprint density at radius 3 is 2.46 bits per heavy atom. The van der Waals surface area contributed by atoms with Gasteiger partial charge >= 0.3 is 6.03 Å². The summed E-state index contributed by atoms with van der Waals surface area (Å²) >= 11 is 0. The maximum absolute atomic E-state index is 14.2. The van der Waals surface area contributed by atoms with Gasteiger partial charge in [0.1, 0.15) is 11.6 Å². The van der Waals surface area contributed by atoms with Crippen molar-refractivity contribution in [1.29, 1.82) is 0 Å². The smallest absolute Gasteiger partial charge is 0.319 e. The molecule has 2 N–H and O–H groups in total. The van der Waals surface area contributed by atoms with Crippen LogP contribution in [0.1, 0.15) is 28.9 Å². The highest BCUT2D eigenvalue weighted by Crippen LogP contribution is 2.31. The van der Waals surface area contributed by atoms with Crippen molar-refractivity contribution in [2.24, 2.45) is 0 Å². The van der Waals surface area contributed by atoms with E-state index in [-0.39, 0.29) is 16.9 Å². The van der Waals surface area contributed by atoms with Gasteiger partial charge in [0.2, 0.25) is 0 Å². The number of rotatable bonds is 3. The number of hydrogen-bond acceptors (Lipinski definition) is 2. The lowest BCUT2D eigenvalue weighted by molar-refractivity contribution is 0.102. The molecule has 2 amide bonds. The lowest BCUT2D eigenvalue weighted by Gasteiger charge is -2.29. The lowest BCUT2D eigenvalue weighted by Crippen LogP contribution is -2.45. The van der Waals surface area contributed by atoms with E-state index in [1.165, 1.54) is 6.07 Å². The van der Waals surface area contributed by atoms with Crippen molar-refractivity contribution in [2.75, 3.05) is 0 Å². The molecule has 2 aromatic rings. The Morgan fingerprint density at radius 2 is 1.79 bits per heavy atom. The third-order valence-corrected chi connectivity index (χ3v) is 3.82. The molecule has 0 fully saturated rings. The number of carbonyl (C=O) groups excluding carboxylic acids is 2. The van der Waals surface area contributed by atoms with Gasteiger partial charge in [0, 0.05) is 28.5 Å². The van der Waals surface area contributed by atoms with Crippen molar-refractivity contribution in [3.05, 3.63) is 82.6 Å². The van der Waals surface area contributed by atoms with Gasteiger partial charge in [-0.2, -0.15) is 0 Å². The first kappa shape index (κ1) is 15.9. The number of halogens is 2. The molecule has 0 saturated carbocycles. The average Bonchev–Trinajstić information content (AvgIpc) is 2.54. The standard InChI is InChI=1S/C18H14F2N2O2/c1-10-15(17(23)11-5-3-2-4-6-11)16(22-18(24)21-10)13-8-7-12(19)9-14(13)20/h2-9,16H,1H3,(H2,21,22,24)/t16-/m1/s1. The van der Waals surface area contributed by atoms with Crippen molar-refractivity contribution < 1.29 is 18.4 Å². The number of Topliss-reactive ketones (excluding diaryl/α,β-unsaturated/α-hetero) is 1. The Hall–Kier alpha value is -3.02. The van der Waals surface area contributed by atoms with Gasteiger partial charge in [0.25, 0.3) is 0 Å². The van der Waals surface area contributed by atoms with E-state index in [1.54, 1.807) is 37.3 Å². The number of nitrogens with one attached hydrogen (secondary N) is 2. The second-order valence-electron chi connectivity index (χ2n) is 5.43. The monoisotopic (exact) mass is 328 g/mol. The molecule has 0 aliphatic carbocycles. The lowest BCUT2D eigenvalue weighted by atomic mass is 9.89. The SMILES string of the molecule is CC1=C(C(=O)c2ccccc2)[C@@H](c2ccc(F)cc2F)NC(=O)N1. The molecular formula is C18H14F2N2O2. The largest absolute Gasteiger partial charge is 0.327 e. The van der Waals surface area contributed by atoms with E-state index in [0.29, 0.717) is 11.3 Å². The van der Waals surface area contributed by atoms with Crippen LogP contribution in [0.4, 0.5) is 13.6 Å². The van der Waals surface area contributed by atoms with Crippen LogP contribution >= 0.6 is 0 Å². The highest BCUT2D eigenvalue weighted by Gasteiger charge is 2.33. The number of carbonyl (C=O) groups is 2. The molecule has 1 aliphatic rings. The van der Waals surface area contributed by atoms with Gasteiger partial charge < -0.3 is 10.6 Å². The summed E-state index contributed by atoms with van der Waals surface area (Å²) in [7, 11) is 0. The van der Waals surface area contributed by atoms with Crippen molar-refractivity contribution in [1.82, 2.24) is 10.6 Å². The average molecular weight is 328 g/mol. The van der Waals surface area contributed by atoms with Crippen molar-refractivity contribution >= 4 is 11.8 Å². The van der Waals surface area contributed by atoms with Crippen molar-refractivity contribution in [3.8, 4) is 0 Å². The molecule has 3 rings (SSSR count). The molecule has 6 heteroatoms. The summed E-state index contributed by atoms with van der Waals surface area (Å²) in [5.74, 6) is -1.89. The summed E-state index contributed by atoms with van der Waals surface area (Å²) in [5, 5.41) is 5.06. The van der Waals surface area contributed by atoms with Crippen LogP contribution in [0.25, 0.3) is 0 Å². The van der Waals surface area contributed by atoms with E-state index >= 15 is 0 Å². The van der Waals surface area contributed by atoms with E-state index in [9.17, 15) is 18.4 Å². The number of hydrogen-bond donors (Lipinski definition) is 2. The first-order valence-corrected chi connectivity index (χ1v) is 7.30. The summed E-state index contributed by atoms with van der Waals surface area (Å²) in [6.07, 6.45) is 0. The second kappa shape index (κ2) is 6.23. The van der Waals surface area contributed by atoms with Crippen LogP contribution in [0.2, 0.25) is 0 Å². The fraction of sp³-hybridized carbons (Fsp3) is 0.111. The molecule has 0 bridgehead atoms. The molecule has 1 heterocycles. The van der Waals surface area contributed by atoms with Gasteiger partial charge in [-0.05, 0) is 13.0 Å². The number of amides is 2. The third-order valence-electron chi connectivity index (χ3n) is 3.82. The predicted molar refractivity (Wildman–Crippen MR) is 84.2 cm³/mol. The maximum atomic E-state index is 14.2. The van der Waals surface area contributed by atoms with E-state index in [0.717, 1.165) is 12.1 Å². The molecule has 4 nitrogen and oxygen atoms in total. The van der Waals surface area contributed by atoms with Gasteiger partial charge in [0.15, 0.2) is 5.78 Å². The van der Waals surface area contributed by atoms with Gasteiger partial charge in [-0.3, -0.25) is 4.79 Å². The van der Waals surface area contributed by atoms with Gasteiger partial charge in [-0.15, -0.1) is 0 Å². The molecule has 0 unspecified atom stereocenters. The minimum absolute atomic E-state index is 0.0323. The zero-order valence-electron chi connectivity index (χ0n) is 12.8. The molecule has 122 valence electrons. The van der Waals surface area contributed by atoms with E-state index in [1.807, 2.05) is 0 Å². The highest BCUT2D eigenvalue weighted by atomic mass is 19.1. The normalized spacial score (nSPS) is 17.3. The molecule has 0 aromatic heterocycles. The number of ketones is 1. The number of urea groups is 1. The molecule has 0 spiro atoms. The fourth-order valence-electron chi connectivity index (χ4n) is 2.71. The first-order chi connectivity index (χ1) is 11.5. The Morgan fingerprint density at radius 1 is 1.08 bits per heavy atom. The number of benzene rings is 2. The summed E-state index contributed by atoms with van der Waals surface area (Å²) < 4.78 is 27.4. The van der Waals surface area contributed by atoms with Gasteiger partial charge in [0.05, 0.1) is 6.04 Å². The topological polar surface area (TPSA) is 58.2 Å². The molecule has 0 radical (unpaired) electrons. The Bertz CT molecular complexity index is 847. The first-order valence-electron chi connectivity index (χ1n) is 7.30. The maximum Gasteiger partial charge on any atom is 0.319 e. The van der Waals surface area contributed by atoms with Crippen LogP contribution in [0.3, 0.4) is 0 Å². The van der Waals surface area contributed by atoms with Crippen LogP contribution in [0.15, 0.2) is 59.8 Å². The van der Waals surface area contributed by atoms with Crippen molar-refractivity contribution in [3.63, 3.8) is 0 Å². The number of allylic oxidation sites excluding steroid dienone is 1. The zero-order chi connectivity index (χ0) is 17.3.